The summed E-state index contributed by atoms with van der Waals surface area (Å²) in [6, 6.07) is 18.0. The Morgan fingerprint density at radius 1 is 0.976 bits per heavy atom. The van der Waals surface area contributed by atoms with Gasteiger partial charge in [0.1, 0.15) is 11.7 Å². The Morgan fingerprint density at radius 2 is 1.57 bits per heavy atom. The number of hydrogen-bond donors (Lipinski definition) is 1. The molecule has 0 aliphatic carbocycles. The highest BCUT2D eigenvalue weighted by molar-refractivity contribution is 6.02. The number of amides is 3. The van der Waals surface area contributed by atoms with Gasteiger partial charge < -0.3 is 5.11 Å². The summed E-state index contributed by atoms with van der Waals surface area (Å²) in [4.78, 5) is 46.6. The molecule has 0 saturated carbocycles. The second-order valence-electron chi connectivity index (χ2n) is 10.3. The zero-order valence-corrected chi connectivity index (χ0v) is 23.3. The second-order valence-corrected chi connectivity index (χ2v) is 10.3. The SMILES string of the molecule is CC(=O)N(C(Cc1ccccc1)C(O)C(F)(F)F)N1C(=O)C(C(C)C)N(C(=O)c2ccccn2)C=C1c1ccccc1. The molecule has 1 N–H and O–H groups in total. The first-order valence-electron chi connectivity index (χ1n) is 13.3. The minimum atomic E-state index is -5.11. The van der Waals surface area contributed by atoms with Crippen LogP contribution in [-0.4, -0.2) is 67.1 Å². The monoisotopic (exact) mass is 580 g/mol. The predicted molar refractivity (Wildman–Crippen MR) is 149 cm³/mol. The van der Waals surface area contributed by atoms with Crippen LogP contribution in [0.1, 0.15) is 42.4 Å². The number of aliphatic hydroxyl groups is 1. The molecule has 3 amide bonds. The molecule has 220 valence electrons. The summed E-state index contributed by atoms with van der Waals surface area (Å²) in [5.41, 5.74) is 0.826. The number of aliphatic hydroxyl groups excluding tert-OH is 1. The fourth-order valence-corrected chi connectivity index (χ4v) is 5.00. The van der Waals surface area contributed by atoms with Crippen molar-refractivity contribution in [2.75, 3.05) is 0 Å². The van der Waals surface area contributed by atoms with E-state index in [4.69, 9.17) is 0 Å². The number of benzene rings is 2. The van der Waals surface area contributed by atoms with Crippen LogP contribution < -0.4 is 0 Å². The van der Waals surface area contributed by atoms with Crippen molar-refractivity contribution >= 4 is 23.4 Å². The first kappa shape index (κ1) is 30.4. The fourth-order valence-electron chi connectivity index (χ4n) is 5.00. The Balaban J connectivity index is 1.94. The lowest BCUT2D eigenvalue weighted by Gasteiger charge is -2.48. The van der Waals surface area contributed by atoms with Gasteiger partial charge in [-0.15, -0.1) is 0 Å². The quantitative estimate of drug-likeness (QED) is 0.418. The molecule has 8 nitrogen and oxygen atoms in total. The molecule has 0 spiro atoms. The van der Waals surface area contributed by atoms with Crippen LogP contribution >= 0.6 is 0 Å². The third-order valence-corrected chi connectivity index (χ3v) is 6.91. The van der Waals surface area contributed by atoms with Gasteiger partial charge in [0.15, 0.2) is 6.10 Å². The molecule has 11 heteroatoms. The van der Waals surface area contributed by atoms with Gasteiger partial charge >= 0.3 is 6.18 Å². The van der Waals surface area contributed by atoms with Gasteiger partial charge in [-0.2, -0.15) is 13.2 Å². The molecule has 1 aliphatic heterocycles. The summed E-state index contributed by atoms with van der Waals surface area (Å²) in [6.45, 7) is 4.41. The number of alkyl halides is 3. The van der Waals surface area contributed by atoms with E-state index in [1.807, 2.05) is 0 Å². The van der Waals surface area contributed by atoms with Gasteiger partial charge in [0, 0.05) is 24.9 Å². The summed E-state index contributed by atoms with van der Waals surface area (Å²) in [6.07, 6.45) is -5.72. The topological polar surface area (TPSA) is 94.0 Å². The van der Waals surface area contributed by atoms with Crippen LogP contribution in [0.15, 0.2) is 91.3 Å². The Bertz CT molecular complexity index is 1430. The van der Waals surface area contributed by atoms with Gasteiger partial charge in [0.25, 0.3) is 11.8 Å². The molecule has 3 aromatic rings. The van der Waals surface area contributed by atoms with Crippen molar-refractivity contribution in [3.05, 3.63) is 108 Å². The second kappa shape index (κ2) is 12.6. The van der Waals surface area contributed by atoms with E-state index in [1.165, 1.54) is 23.4 Å². The Morgan fingerprint density at radius 3 is 2.10 bits per heavy atom. The largest absolute Gasteiger partial charge is 0.416 e. The van der Waals surface area contributed by atoms with E-state index in [1.54, 1.807) is 86.6 Å². The summed E-state index contributed by atoms with van der Waals surface area (Å²) in [5, 5.41) is 12.2. The highest BCUT2D eigenvalue weighted by Gasteiger charge is 2.51. The number of carbonyl (C=O) groups excluding carboxylic acids is 3. The van der Waals surface area contributed by atoms with Crippen LogP contribution in [0, 0.1) is 5.92 Å². The molecule has 42 heavy (non-hydrogen) atoms. The highest BCUT2D eigenvalue weighted by Crippen LogP contribution is 2.36. The van der Waals surface area contributed by atoms with Crippen LogP contribution in [0.3, 0.4) is 0 Å². The molecule has 0 saturated heterocycles. The average Bonchev–Trinajstić information content (AvgIpc) is 2.97. The standard InChI is InChI=1S/C31H31F3N4O4/c1-20(2)27-30(42)38(37(21(3)39)25(28(40)31(32,33)34)18-22-12-6-4-7-13-22)26(23-14-8-5-9-15-23)19-36(27)29(41)24-16-10-11-17-35-24/h4-17,19-20,25,27-28,40H,18H2,1-3H3. The maximum absolute atomic E-state index is 14.4. The first-order valence-corrected chi connectivity index (χ1v) is 13.3. The number of hydrogen-bond acceptors (Lipinski definition) is 5. The number of rotatable bonds is 8. The molecule has 3 unspecified atom stereocenters. The van der Waals surface area contributed by atoms with Gasteiger partial charge in [-0.3, -0.25) is 24.3 Å². The number of halogens is 3. The Kier molecular flexibility index (Phi) is 9.11. The van der Waals surface area contributed by atoms with Crippen LogP contribution in [0.5, 0.6) is 0 Å². The van der Waals surface area contributed by atoms with E-state index < -0.39 is 54.4 Å². The molecule has 0 bridgehead atoms. The van der Waals surface area contributed by atoms with Crippen LogP contribution in [-0.2, 0) is 16.0 Å². The molecule has 1 aliphatic rings. The van der Waals surface area contributed by atoms with E-state index >= 15 is 0 Å². The summed E-state index contributed by atoms with van der Waals surface area (Å²) in [5.74, 6) is -2.82. The van der Waals surface area contributed by atoms with Crippen molar-refractivity contribution < 1.29 is 32.7 Å². The lowest BCUT2D eigenvalue weighted by Crippen LogP contribution is -2.65. The molecule has 4 rings (SSSR count). The van der Waals surface area contributed by atoms with Gasteiger partial charge in [0.05, 0.1) is 11.7 Å². The molecular weight excluding hydrogens is 549 g/mol. The normalized spacial score (nSPS) is 17.1. The summed E-state index contributed by atoms with van der Waals surface area (Å²) in [7, 11) is 0. The van der Waals surface area contributed by atoms with Crippen LogP contribution in [0.2, 0.25) is 0 Å². The minimum absolute atomic E-state index is 0.00980. The summed E-state index contributed by atoms with van der Waals surface area (Å²) < 4.78 is 42.3. The lowest BCUT2D eigenvalue weighted by atomic mass is 9.96. The third kappa shape index (κ3) is 6.36. The van der Waals surface area contributed by atoms with Gasteiger partial charge in [-0.25, -0.2) is 10.0 Å². The average molecular weight is 581 g/mol. The third-order valence-electron chi connectivity index (χ3n) is 6.91. The Hall–Kier alpha value is -4.51. The van der Waals surface area contributed by atoms with Crippen molar-refractivity contribution in [3.8, 4) is 0 Å². The van der Waals surface area contributed by atoms with E-state index in [9.17, 15) is 32.7 Å². The highest BCUT2D eigenvalue weighted by atomic mass is 19.4. The zero-order chi connectivity index (χ0) is 30.6. The molecule has 3 atom stereocenters. The van der Waals surface area contributed by atoms with Gasteiger partial charge in [0.2, 0.25) is 5.91 Å². The zero-order valence-electron chi connectivity index (χ0n) is 23.3. The molecule has 0 radical (unpaired) electrons. The molecular formula is C31H31F3N4O4. The fraction of sp³-hybridized carbons (Fsp3) is 0.290. The molecule has 2 aromatic carbocycles. The maximum Gasteiger partial charge on any atom is 0.416 e. The number of carbonyl (C=O) groups is 3. The molecule has 1 aromatic heterocycles. The molecule has 2 heterocycles. The summed E-state index contributed by atoms with van der Waals surface area (Å²) >= 11 is 0. The number of pyridine rings is 1. The van der Waals surface area contributed by atoms with Crippen molar-refractivity contribution in [3.63, 3.8) is 0 Å². The first-order chi connectivity index (χ1) is 19.9. The van der Waals surface area contributed by atoms with Crippen LogP contribution in [0.4, 0.5) is 13.2 Å². The van der Waals surface area contributed by atoms with Gasteiger partial charge in [-0.1, -0.05) is 80.6 Å². The smallest absolute Gasteiger partial charge is 0.382 e. The lowest BCUT2D eigenvalue weighted by molar-refractivity contribution is -0.232. The van der Waals surface area contributed by atoms with Crippen molar-refractivity contribution in [2.24, 2.45) is 5.92 Å². The van der Waals surface area contributed by atoms with Crippen molar-refractivity contribution in [2.45, 2.75) is 51.6 Å². The van der Waals surface area contributed by atoms with Crippen molar-refractivity contribution in [1.29, 1.82) is 0 Å². The minimum Gasteiger partial charge on any atom is -0.382 e. The number of nitrogens with zero attached hydrogens (tertiary/aromatic N) is 4. The van der Waals surface area contributed by atoms with Crippen LogP contribution in [0.25, 0.3) is 5.70 Å². The maximum atomic E-state index is 14.4. The van der Waals surface area contributed by atoms with E-state index in [0.717, 1.165) is 11.9 Å². The van der Waals surface area contributed by atoms with E-state index in [-0.39, 0.29) is 11.4 Å². The van der Waals surface area contributed by atoms with E-state index in [2.05, 4.69) is 4.98 Å². The van der Waals surface area contributed by atoms with Crippen molar-refractivity contribution in [1.82, 2.24) is 19.9 Å². The number of hydrazine groups is 1. The van der Waals surface area contributed by atoms with E-state index in [0.29, 0.717) is 16.1 Å². The van der Waals surface area contributed by atoms with Gasteiger partial charge in [-0.05, 0) is 30.0 Å². The Labute approximate surface area is 241 Å². The predicted octanol–water partition coefficient (Wildman–Crippen LogP) is 4.69. The molecule has 0 fully saturated rings. The number of aromatic nitrogens is 1.